The molecule has 0 radical (unpaired) electrons. The molecule has 4 nitrogen and oxygen atoms in total. The number of ether oxygens (including phenoxy) is 1. The molecule has 1 atom stereocenters. The number of rotatable bonds is 7. The van der Waals surface area contributed by atoms with Gasteiger partial charge in [-0.2, -0.15) is 0 Å². The quantitative estimate of drug-likeness (QED) is 0.829. The Hall–Kier alpha value is -0.490. The summed E-state index contributed by atoms with van der Waals surface area (Å²) in [6.07, 6.45) is 1.20. The second kappa shape index (κ2) is 7.50. The lowest BCUT2D eigenvalue weighted by Gasteiger charge is -2.20. The zero-order valence-corrected chi connectivity index (χ0v) is 14.1. The van der Waals surface area contributed by atoms with Gasteiger partial charge in [-0.15, -0.1) is 0 Å². The van der Waals surface area contributed by atoms with Crippen LogP contribution in [0, 0.1) is 0 Å². The molecule has 0 amide bonds. The van der Waals surface area contributed by atoms with E-state index in [0.29, 0.717) is 34.5 Å². The fourth-order valence-electron chi connectivity index (χ4n) is 1.88. The van der Waals surface area contributed by atoms with E-state index in [4.69, 9.17) is 27.9 Å². The topological polar surface area (TPSA) is 55.4 Å². The molecule has 0 fully saturated rings. The first-order valence-corrected chi connectivity index (χ1v) is 9.13. The molecule has 1 N–H and O–H groups in total. The molecule has 0 saturated carbocycles. The lowest BCUT2D eigenvalue weighted by molar-refractivity contribution is 0.340. The third-order valence-corrected chi connectivity index (χ3v) is 4.21. The molecule has 20 heavy (non-hydrogen) atoms. The van der Waals surface area contributed by atoms with Crippen LogP contribution in [0.3, 0.4) is 0 Å². The molecule has 114 valence electrons. The van der Waals surface area contributed by atoms with Gasteiger partial charge >= 0.3 is 0 Å². The smallest absolute Gasteiger partial charge is 0.149 e. The van der Waals surface area contributed by atoms with Crippen LogP contribution in [0.1, 0.15) is 25.5 Å². The molecule has 0 aliphatic heterocycles. The minimum atomic E-state index is -3.14. The molecule has 7 heteroatoms. The Morgan fingerprint density at radius 3 is 2.40 bits per heavy atom. The highest BCUT2D eigenvalue weighted by molar-refractivity contribution is 7.90. The normalized spacial score (nSPS) is 13.2. The minimum Gasteiger partial charge on any atom is -0.492 e. The Bertz CT molecular complexity index is 561. The molecule has 1 rings (SSSR count). The molecule has 0 bridgehead atoms. The average molecular weight is 340 g/mol. The van der Waals surface area contributed by atoms with Crippen LogP contribution in [0.15, 0.2) is 12.1 Å². The predicted octanol–water partition coefficient (Wildman–Crippen LogP) is 3.09. The zero-order valence-electron chi connectivity index (χ0n) is 11.7. The van der Waals surface area contributed by atoms with Gasteiger partial charge in [0.05, 0.1) is 17.4 Å². The Morgan fingerprint density at radius 1 is 1.25 bits per heavy atom. The van der Waals surface area contributed by atoms with Gasteiger partial charge in [0.15, 0.2) is 0 Å². The van der Waals surface area contributed by atoms with Crippen LogP contribution in [-0.2, 0) is 9.84 Å². The van der Waals surface area contributed by atoms with E-state index in [1.54, 1.807) is 12.1 Å². The van der Waals surface area contributed by atoms with E-state index >= 15 is 0 Å². The zero-order chi connectivity index (χ0) is 15.3. The van der Waals surface area contributed by atoms with Crippen molar-refractivity contribution in [3.8, 4) is 5.75 Å². The highest BCUT2D eigenvalue weighted by Crippen LogP contribution is 2.34. The standard InChI is InChI=1S/C13H19Cl2NO3S/c1-4-16-12(8-20(3,17)18)9-6-11(15)13(19-5-2)7-10(9)14/h6-7,12,16H,4-5,8H2,1-3H3. The summed E-state index contributed by atoms with van der Waals surface area (Å²) in [5.41, 5.74) is 0.660. The number of nitrogens with one attached hydrogen (secondary N) is 1. The summed E-state index contributed by atoms with van der Waals surface area (Å²) in [6, 6.07) is 2.89. The maximum absolute atomic E-state index is 11.5. The fraction of sp³-hybridized carbons (Fsp3) is 0.538. The third kappa shape index (κ3) is 5.13. The van der Waals surface area contributed by atoms with Gasteiger partial charge in [-0.1, -0.05) is 30.1 Å². The van der Waals surface area contributed by atoms with E-state index in [-0.39, 0.29) is 5.75 Å². The Balaban J connectivity index is 3.17. The Labute approximate surface area is 130 Å². The molecular formula is C13H19Cl2NO3S. The van der Waals surface area contributed by atoms with Gasteiger partial charge in [0, 0.05) is 23.4 Å². The molecule has 0 heterocycles. The van der Waals surface area contributed by atoms with Crippen LogP contribution in [-0.4, -0.2) is 33.6 Å². The predicted molar refractivity (Wildman–Crippen MR) is 83.8 cm³/mol. The summed E-state index contributed by atoms with van der Waals surface area (Å²) in [4.78, 5) is 0. The molecule has 0 saturated heterocycles. The average Bonchev–Trinajstić information content (AvgIpc) is 2.31. The highest BCUT2D eigenvalue weighted by Gasteiger charge is 2.21. The van der Waals surface area contributed by atoms with E-state index < -0.39 is 15.9 Å². The van der Waals surface area contributed by atoms with Crippen molar-refractivity contribution in [2.24, 2.45) is 0 Å². The molecule has 0 aromatic heterocycles. The number of sulfone groups is 1. The van der Waals surface area contributed by atoms with Crippen molar-refractivity contribution in [1.29, 1.82) is 0 Å². The third-order valence-electron chi connectivity index (χ3n) is 2.65. The summed E-state index contributed by atoms with van der Waals surface area (Å²) in [5.74, 6) is 0.461. The Morgan fingerprint density at radius 2 is 1.90 bits per heavy atom. The van der Waals surface area contributed by atoms with Crippen molar-refractivity contribution in [3.63, 3.8) is 0 Å². The fourth-order valence-corrected chi connectivity index (χ4v) is 3.30. The van der Waals surface area contributed by atoms with Crippen LogP contribution < -0.4 is 10.1 Å². The summed E-state index contributed by atoms with van der Waals surface area (Å²) < 4.78 is 28.4. The van der Waals surface area contributed by atoms with Gasteiger partial charge in [0.1, 0.15) is 15.6 Å². The minimum absolute atomic E-state index is 0.0368. The SMILES string of the molecule is CCNC(CS(C)(=O)=O)c1cc(Cl)c(OCC)cc1Cl. The highest BCUT2D eigenvalue weighted by atomic mass is 35.5. The second-order valence-corrected chi connectivity index (χ2v) is 7.44. The molecular weight excluding hydrogens is 321 g/mol. The maximum Gasteiger partial charge on any atom is 0.149 e. The summed E-state index contributed by atoms with van der Waals surface area (Å²) in [7, 11) is -3.14. The van der Waals surface area contributed by atoms with Gasteiger partial charge in [0.2, 0.25) is 0 Å². The summed E-state index contributed by atoms with van der Waals surface area (Å²) in [5, 5.41) is 3.97. The summed E-state index contributed by atoms with van der Waals surface area (Å²) >= 11 is 12.4. The van der Waals surface area contributed by atoms with Crippen molar-refractivity contribution >= 4 is 33.0 Å². The lowest BCUT2D eigenvalue weighted by atomic mass is 10.1. The molecule has 1 unspecified atom stereocenters. The number of benzene rings is 1. The molecule has 1 aromatic rings. The largest absolute Gasteiger partial charge is 0.492 e. The van der Waals surface area contributed by atoms with E-state index in [2.05, 4.69) is 5.32 Å². The molecule has 1 aromatic carbocycles. The number of hydrogen-bond acceptors (Lipinski definition) is 4. The number of halogens is 2. The van der Waals surface area contributed by atoms with Crippen LogP contribution in [0.25, 0.3) is 0 Å². The maximum atomic E-state index is 11.5. The first kappa shape index (κ1) is 17.6. The van der Waals surface area contributed by atoms with E-state index in [1.165, 1.54) is 6.26 Å². The first-order valence-electron chi connectivity index (χ1n) is 6.31. The first-order chi connectivity index (χ1) is 9.28. The van der Waals surface area contributed by atoms with E-state index in [9.17, 15) is 8.42 Å². The van der Waals surface area contributed by atoms with Crippen LogP contribution in [0.2, 0.25) is 10.0 Å². The van der Waals surface area contributed by atoms with Crippen molar-refractivity contribution in [2.45, 2.75) is 19.9 Å². The molecule has 0 aliphatic rings. The lowest BCUT2D eigenvalue weighted by Crippen LogP contribution is -2.28. The molecule has 0 aliphatic carbocycles. The van der Waals surface area contributed by atoms with Crippen molar-refractivity contribution < 1.29 is 13.2 Å². The molecule has 0 spiro atoms. The van der Waals surface area contributed by atoms with Gasteiger partial charge < -0.3 is 10.1 Å². The van der Waals surface area contributed by atoms with Crippen molar-refractivity contribution in [1.82, 2.24) is 5.32 Å². The van der Waals surface area contributed by atoms with Crippen LogP contribution >= 0.6 is 23.2 Å². The van der Waals surface area contributed by atoms with E-state index in [0.717, 1.165) is 0 Å². The summed E-state index contributed by atoms with van der Waals surface area (Å²) in [6.45, 7) is 4.86. The van der Waals surface area contributed by atoms with Gasteiger partial charge in [-0.25, -0.2) is 8.42 Å². The van der Waals surface area contributed by atoms with Crippen molar-refractivity contribution in [3.05, 3.63) is 27.7 Å². The van der Waals surface area contributed by atoms with Gasteiger partial charge in [0.25, 0.3) is 0 Å². The van der Waals surface area contributed by atoms with Gasteiger partial charge in [-0.05, 0) is 25.1 Å². The monoisotopic (exact) mass is 339 g/mol. The Kier molecular flexibility index (Phi) is 6.58. The van der Waals surface area contributed by atoms with Gasteiger partial charge in [-0.3, -0.25) is 0 Å². The second-order valence-electron chi connectivity index (χ2n) is 4.44. The van der Waals surface area contributed by atoms with Crippen LogP contribution in [0.5, 0.6) is 5.75 Å². The van der Waals surface area contributed by atoms with Crippen molar-refractivity contribution in [2.75, 3.05) is 25.2 Å². The van der Waals surface area contributed by atoms with Crippen LogP contribution in [0.4, 0.5) is 0 Å². The van der Waals surface area contributed by atoms with E-state index in [1.807, 2.05) is 13.8 Å². The number of hydrogen-bond donors (Lipinski definition) is 1.